The molecule has 2 aromatic rings. The lowest BCUT2D eigenvalue weighted by atomic mass is 9.99. The summed E-state index contributed by atoms with van der Waals surface area (Å²) in [6.45, 7) is 7.39. The number of carboxylic acids is 1. The van der Waals surface area contributed by atoms with Crippen LogP contribution in [0.15, 0.2) is 42.5 Å². The van der Waals surface area contributed by atoms with Crippen LogP contribution in [-0.4, -0.2) is 35.0 Å². The third-order valence-electron chi connectivity index (χ3n) is 5.09. The minimum atomic E-state index is -1.08. The minimum Gasteiger partial charge on any atom is -0.480 e. The first-order valence-corrected chi connectivity index (χ1v) is 10.5. The first-order chi connectivity index (χ1) is 14.2. The number of hydrogen-bond acceptors (Lipinski definition) is 3. The van der Waals surface area contributed by atoms with Gasteiger partial charge in [-0.1, -0.05) is 70.2 Å². The largest absolute Gasteiger partial charge is 0.480 e. The third kappa shape index (κ3) is 6.58. The molecule has 6 heteroatoms. The predicted octanol–water partition coefficient (Wildman–Crippen LogP) is 3.53. The molecule has 0 heterocycles. The molecule has 162 valence electrons. The highest BCUT2D eigenvalue weighted by molar-refractivity contribution is 5.91. The molecule has 0 aliphatic rings. The molecule has 0 aromatic heterocycles. The van der Waals surface area contributed by atoms with Crippen molar-refractivity contribution in [1.82, 2.24) is 10.6 Å². The maximum atomic E-state index is 12.7. The zero-order valence-electron chi connectivity index (χ0n) is 18.1. The van der Waals surface area contributed by atoms with Crippen molar-refractivity contribution in [3.8, 4) is 0 Å². The highest BCUT2D eigenvalue weighted by Gasteiger charge is 2.28. The van der Waals surface area contributed by atoms with Gasteiger partial charge in [-0.2, -0.15) is 0 Å². The normalized spacial score (nSPS) is 13.3. The quantitative estimate of drug-likeness (QED) is 0.556. The molecule has 0 saturated carbocycles. The molecule has 6 nitrogen and oxygen atoms in total. The van der Waals surface area contributed by atoms with E-state index in [0.717, 1.165) is 16.3 Å². The summed E-state index contributed by atoms with van der Waals surface area (Å²) in [5.74, 6) is -1.85. The fourth-order valence-electron chi connectivity index (χ4n) is 3.50. The van der Waals surface area contributed by atoms with Crippen LogP contribution in [-0.2, 0) is 20.8 Å². The second-order valence-corrected chi connectivity index (χ2v) is 8.46. The summed E-state index contributed by atoms with van der Waals surface area (Å²) in [6, 6.07) is 12.3. The van der Waals surface area contributed by atoms with Crippen molar-refractivity contribution in [3.05, 3.63) is 48.0 Å². The number of carbonyl (C=O) groups is 3. The number of carbonyl (C=O) groups excluding carboxylic acids is 2. The van der Waals surface area contributed by atoms with Gasteiger partial charge in [-0.3, -0.25) is 9.59 Å². The maximum Gasteiger partial charge on any atom is 0.326 e. The summed E-state index contributed by atoms with van der Waals surface area (Å²) in [5, 5.41) is 17.0. The van der Waals surface area contributed by atoms with Crippen molar-refractivity contribution >= 4 is 28.6 Å². The molecule has 2 rings (SSSR count). The van der Waals surface area contributed by atoms with Crippen LogP contribution in [0, 0.1) is 11.8 Å². The average Bonchev–Trinajstić information content (AvgIpc) is 2.68. The van der Waals surface area contributed by atoms with E-state index in [4.69, 9.17) is 0 Å². The Morgan fingerprint density at radius 1 is 0.933 bits per heavy atom. The van der Waals surface area contributed by atoms with Crippen molar-refractivity contribution < 1.29 is 19.5 Å². The Bertz CT molecular complexity index is 886. The van der Waals surface area contributed by atoms with Crippen LogP contribution in [0.25, 0.3) is 10.8 Å². The SMILES string of the molecule is CC(C)CC(NC(=O)CCc1cccc2ccccc12)C(=O)NC(C(=O)O)C(C)C. The zero-order chi connectivity index (χ0) is 22.3. The number of amides is 2. The Balaban J connectivity index is 2.03. The van der Waals surface area contributed by atoms with Crippen LogP contribution in [0.3, 0.4) is 0 Å². The molecule has 0 saturated heterocycles. The lowest BCUT2D eigenvalue weighted by molar-refractivity contribution is -0.143. The Morgan fingerprint density at radius 2 is 1.60 bits per heavy atom. The lowest BCUT2D eigenvalue weighted by Gasteiger charge is -2.24. The van der Waals surface area contributed by atoms with Gasteiger partial charge in [0.05, 0.1) is 0 Å². The van der Waals surface area contributed by atoms with E-state index in [2.05, 4.69) is 10.6 Å². The topological polar surface area (TPSA) is 95.5 Å². The Labute approximate surface area is 178 Å². The van der Waals surface area contributed by atoms with Gasteiger partial charge < -0.3 is 15.7 Å². The van der Waals surface area contributed by atoms with E-state index in [-0.39, 0.29) is 24.2 Å². The molecule has 0 aliphatic heterocycles. The number of benzene rings is 2. The Kier molecular flexibility index (Phi) is 8.39. The summed E-state index contributed by atoms with van der Waals surface area (Å²) < 4.78 is 0. The fraction of sp³-hybridized carbons (Fsp3) is 0.458. The summed E-state index contributed by atoms with van der Waals surface area (Å²) >= 11 is 0. The fourth-order valence-corrected chi connectivity index (χ4v) is 3.50. The van der Waals surface area contributed by atoms with E-state index < -0.39 is 24.0 Å². The molecular formula is C24H32N2O4. The van der Waals surface area contributed by atoms with Gasteiger partial charge in [-0.15, -0.1) is 0 Å². The van der Waals surface area contributed by atoms with Gasteiger partial charge in [0.2, 0.25) is 11.8 Å². The van der Waals surface area contributed by atoms with E-state index in [1.54, 1.807) is 13.8 Å². The third-order valence-corrected chi connectivity index (χ3v) is 5.09. The molecular weight excluding hydrogens is 380 g/mol. The van der Waals surface area contributed by atoms with Crippen LogP contribution >= 0.6 is 0 Å². The number of hydrogen-bond donors (Lipinski definition) is 3. The van der Waals surface area contributed by atoms with E-state index in [1.165, 1.54) is 0 Å². The molecule has 2 unspecified atom stereocenters. The van der Waals surface area contributed by atoms with Crippen LogP contribution in [0.1, 0.15) is 46.1 Å². The molecule has 0 radical (unpaired) electrons. The van der Waals surface area contributed by atoms with E-state index >= 15 is 0 Å². The van der Waals surface area contributed by atoms with Gasteiger partial charge >= 0.3 is 5.97 Å². The molecule has 0 fully saturated rings. The van der Waals surface area contributed by atoms with Gasteiger partial charge in [0.15, 0.2) is 0 Å². The molecule has 0 aliphatic carbocycles. The molecule has 2 atom stereocenters. The van der Waals surface area contributed by atoms with E-state index in [1.807, 2.05) is 56.3 Å². The molecule has 3 N–H and O–H groups in total. The van der Waals surface area contributed by atoms with Crippen molar-refractivity contribution in [2.24, 2.45) is 11.8 Å². The zero-order valence-corrected chi connectivity index (χ0v) is 18.1. The van der Waals surface area contributed by atoms with Crippen molar-refractivity contribution in [2.75, 3.05) is 0 Å². The van der Waals surface area contributed by atoms with Crippen molar-refractivity contribution in [1.29, 1.82) is 0 Å². The number of aliphatic carboxylic acids is 1. The highest BCUT2D eigenvalue weighted by Crippen LogP contribution is 2.19. The molecule has 0 spiro atoms. The summed E-state index contributed by atoms with van der Waals surface area (Å²) in [5.41, 5.74) is 1.08. The van der Waals surface area contributed by atoms with Crippen LogP contribution in [0.2, 0.25) is 0 Å². The highest BCUT2D eigenvalue weighted by atomic mass is 16.4. The summed E-state index contributed by atoms with van der Waals surface area (Å²) in [7, 11) is 0. The number of carboxylic acid groups (broad SMARTS) is 1. The molecule has 30 heavy (non-hydrogen) atoms. The second-order valence-electron chi connectivity index (χ2n) is 8.46. The van der Waals surface area contributed by atoms with Crippen molar-refractivity contribution in [3.63, 3.8) is 0 Å². The molecule has 2 amide bonds. The van der Waals surface area contributed by atoms with Gasteiger partial charge in [-0.05, 0) is 41.0 Å². The standard InChI is InChI=1S/C24H32N2O4/c1-15(2)14-20(23(28)26-22(16(3)4)24(29)30)25-21(27)13-12-18-10-7-9-17-8-5-6-11-19(17)18/h5-11,15-16,20,22H,12-14H2,1-4H3,(H,25,27)(H,26,28)(H,29,30). The monoisotopic (exact) mass is 412 g/mol. The lowest BCUT2D eigenvalue weighted by Crippen LogP contribution is -2.53. The number of aryl methyl sites for hydroxylation is 1. The van der Waals surface area contributed by atoms with Gasteiger partial charge in [0, 0.05) is 6.42 Å². The molecule has 2 aromatic carbocycles. The smallest absolute Gasteiger partial charge is 0.326 e. The van der Waals surface area contributed by atoms with Gasteiger partial charge in [-0.25, -0.2) is 4.79 Å². The van der Waals surface area contributed by atoms with Gasteiger partial charge in [0.1, 0.15) is 12.1 Å². The predicted molar refractivity (Wildman–Crippen MR) is 118 cm³/mol. The minimum absolute atomic E-state index is 0.168. The van der Waals surface area contributed by atoms with E-state index in [0.29, 0.717) is 12.8 Å². The van der Waals surface area contributed by atoms with Gasteiger partial charge in [0.25, 0.3) is 0 Å². The first kappa shape index (κ1) is 23.4. The second kappa shape index (κ2) is 10.8. The van der Waals surface area contributed by atoms with Crippen molar-refractivity contribution in [2.45, 2.75) is 59.0 Å². The van der Waals surface area contributed by atoms with Crippen LogP contribution in [0.4, 0.5) is 0 Å². The number of fused-ring (bicyclic) bond motifs is 1. The number of rotatable bonds is 10. The molecule has 0 bridgehead atoms. The van der Waals surface area contributed by atoms with E-state index in [9.17, 15) is 19.5 Å². The summed E-state index contributed by atoms with van der Waals surface area (Å²) in [4.78, 5) is 36.7. The average molecular weight is 413 g/mol. The summed E-state index contributed by atoms with van der Waals surface area (Å²) in [6.07, 6.45) is 1.26. The Hall–Kier alpha value is -2.89. The number of nitrogens with one attached hydrogen (secondary N) is 2. The van der Waals surface area contributed by atoms with Crippen LogP contribution < -0.4 is 10.6 Å². The van der Waals surface area contributed by atoms with Crippen LogP contribution in [0.5, 0.6) is 0 Å². The Morgan fingerprint density at radius 3 is 2.23 bits per heavy atom. The first-order valence-electron chi connectivity index (χ1n) is 10.5. The maximum absolute atomic E-state index is 12.7.